The van der Waals surface area contributed by atoms with E-state index < -0.39 is 0 Å². The quantitative estimate of drug-likeness (QED) is 0.860. The van der Waals surface area contributed by atoms with Gasteiger partial charge in [0.2, 0.25) is 5.75 Å². The Morgan fingerprint density at radius 1 is 1.24 bits per heavy atom. The largest absolute Gasteiger partial charge is 0.493 e. The second-order valence-electron chi connectivity index (χ2n) is 6.14. The fourth-order valence-corrected chi connectivity index (χ4v) is 3.50. The summed E-state index contributed by atoms with van der Waals surface area (Å²) in [5.41, 5.74) is 1.67. The molecule has 2 aliphatic rings. The fraction of sp³-hybridized carbons (Fsp3) is 0.368. The molecule has 3 heterocycles. The SMILES string of the molecule is COc1cc(C(=O)N2CCC[C@@H]2c2ccncc2)cc2c1OCCO2. The predicted octanol–water partition coefficient (Wildman–Crippen LogP) is 2.84. The van der Waals surface area contributed by atoms with Crippen LogP contribution in [0, 0.1) is 0 Å². The summed E-state index contributed by atoms with van der Waals surface area (Å²) >= 11 is 0. The number of benzene rings is 1. The predicted molar refractivity (Wildman–Crippen MR) is 91.2 cm³/mol. The average molecular weight is 340 g/mol. The molecule has 130 valence electrons. The van der Waals surface area contributed by atoms with Crippen molar-refractivity contribution in [3.8, 4) is 17.2 Å². The lowest BCUT2D eigenvalue weighted by Gasteiger charge is -2.26. The van der Waals surface area contributed by atoms with Crippen LogP contribution >= 0.6 is 0 Å². The lowest BCUT2D eigenvalue weighted by Crippen LogP contribution is -2.30. The molecule has 1 saturated heterocycles. The molecular weight excluding hydrogens is 320 g/mol. The summed E-state index contributed by atoms with van der Waals surface area (Å²) in [6.45, 7) is 1.69. The van der Waals surface area contributed by atoms with E-state index in [0.717, 1.165) is 24.9 Å². The lowest BCUT2D eigenvalue weighted by molar-refractivity contribution is 0.0733. The first-order chi connectivity index (χ1) is 12.3. The second kappa shape index (κ2) is 6.63. The molecule has 0 radical (unpaired) electrons. The van der Waals surface area contributed by atoms with Gasteiger partial charge < -0.3 is 19.1 Å². The van der Waals surface area contributed by atoms with Crippen molar-refractivity contribution in [2.75, 3.05) is 26.9 Å². The molecular formula is C19H20N2O4. The Morgan fingerprint density at radius 3 is 2.84 bits per heavy atom. The van der Waals surface area contributed by atoms with Crippen LogP contribution in [0.2, 0.25) is 0 Å². The molecule has 2 aromatic rings. The van der Waals surface area contributed by atoms with Gasteiger partial charge in [0.05, 0.1) is 13.2 Å². The maximum Gasteiger partial charge on any atom is 0.254 e. The minimum atomic E-state index is -0.0189. The van der Waals surface area contributed by atoms with Crippen LogP contribution in [0.15, 0.2) is 36.7 Å². The maximum atomic E-state index is 13.1. The van der Waals surface area contributed by atoms with Crippen LogP contribution in [0.5, 0.6) is 17.2 Å². The van der Waals surface area contributed by atoms with Gasteiger partial charge >= 0.3 is 0 Å². The number of likely N-dealkylation sites (tertiary alicyclic amines) is 1. The Balaban J connectivity index is 1.66. The van der Waals surface area contributed by atoms with Crippen molar-refractivity contribution in [1.82, 2.24) is 9.88 Å². The molecule has 0 aliphatic carbocycles. The molecule has 0 saturated carbocycles. The summed E-state index contributed by atoms with van der Waals surface area (Å²) in [7, 11) is 1.57. The fourth-order valence-electron chi connectivity index (χ4n) is 3.50. The van der Waals surface area contributed by atoms with Crippen LogP contribution in [0.1, 0.15) is 34.8 Å². The Labute approximate surface area is 146 Å². The molecule has 2 aliphatic heterocycles. The van der Waals surface area contributed by atoms with Gasteiger partial charge in [-0.25, -0.2) is 0 Å². The van der Waals surface area contributed by atoms with Gasteiger partial charge in [-0.3, -0.25) is 9.78 Å². The molecule has 0 unspecified atom stereocenters. The van der Waals surface area contributed by atoms with Crippen molar-refractivity contribution < 1.29 is 19.0 Å². The van der Waals surface area contributed by atoms with Gasteiger partial charge in [-0.05, 0) is 42.7 Å². The van der Waals surface area contributed by atoms with Crippen LogP contribution in [0.25, 0.3) is 0 Å². The number of hydrogen-bond acceptors (Lipinski definition) is 5. The van der Waals surface area contributed by atoms with E-state index in [1.54, 1.807) is 31.6 Å². The lowest BCUT2D eigenvalue weighted by atomic mass is 10.1. The van der Waals surface area contributed by atoms with Crippen molar-refractivity contribution in [3.63, 3.8) is 0 Å². The molecule has 1 aromatic heterocycles. The minimum absolute atomic E-state index is 0.0189. The molecule has 1 amide bonds. The molecule has 6 heteroatoms. The van der Waals surface area contributed by atoms with Crippen LogP contribution < -0.4 is 14.2 Å². The number of rotatable bonds is 3. The van der Waals surface area contributed by atoms with E-state index >= 15 is 0 Å². The van der Waals surface area contributed by atoms with Crippen molar-refractivity contribution in [1.29, 1.82) is 0 Å². The Bertz CT molecular complexity index is 761. The number of fused-ring (bicyclic) bond motifs is 1. The Kier molecular flexibility index (Phi) is 4.17. The van der Waals surface area contributed by atoms with E-state index in [4.69, 9.17) is 14.2 Å². The second-order valence-corrected chi connectivity index (χ2v) is 6.14. The van der Waals surface area contributed by atoms with Gasteiger partial charge in [0, 0.05) is 24.5 Å². The number of pyridine rings is 1. The number of hydrogen-bond donors (Lipinski definition) is 0. The minimum Gasteiger partial charge on any atom is -0.493 e. The first-order valence-electron chi connectivity index (χ1n) is 8.46. The molecule has 1 fully saturated rings. The topological polar surface area (TPSA) is 60.9 Å². The number of aromatic nitrogens is 1. The summed E-state index contributed by atoms with van der Waals surface area (Å²) in [5.74, 6) is 1.64. The number of carbonyl (C=O) groups is 1. The third-order valence-corrected chi connectivity index (χ3v) is 4.68. The zero-order valence-corrected chi connectivity index (χ0v) is 14.1. The van der Waals surface area contributed by atoms with E-state index in [2.05, 4.69) is 4.98 Å². The average Bonchev–Trinajstić information content (AvgIpc) is 3.17. The van der Waals surface area contributed by atoms with E-state index in [-0.39, 0.29) is 11.9 Å². The van der Waals surface area contributed by atoms with Gasteiger partial charge in [0.25, 0.3) is 5.91 Å². The highest BCUT2D eigenvalue weighted by Gasteiger charge is 2.32. The van der Waals surface area contributed by atoms with Crippen molar-refractivity contribution in [2.45, 2.75) is 18.9 Å². The van der Waals surface area contributed by atoms with Crippen molar-refractivity contribution in [3.05, 3.63) is 47.8 Å². The summed E-state index contributed by atoms with van der Waals surface area (Å²) in [6, 6.07) is 7.51. The number of amides is 1. The number of ether oxygens (including phenoxy) is 3. The smallest absolute Gasteiger partial charge is 0.254 e. The van der Waals surface area contributed by atoms with Gasteiger partial charge in [0.1, 0.15) is 13.2 Å². The Hall–Kier alpha value is -2.76. The molecule has 6 nitrogen and oxygen atoms in total. The summed E-state index contributed by atoms with van der Waals surface area (Å²) < 4.78 is 16.7. The molecule has 0 bridgehead atoms. The van der Waals surface area contributed by atoms with E-state index in [1.807, 2.05) is 17.0 Å². The number of nitrogens with zero attached hydrogens (tertiary/aromatic N) is 2. The summed E-state index contributed by atoms with van der Waals surface area (Å²) in [4.78, 5) is 19.1. The van der Waals surface area contributed by atoms with Crippen molar-refractivity contribution >= 4 is 5.91 Å². The molecule has 4 rings (SSSR count). The van der Waals surface area contributed by atoms with Crippen LogP contribution in [0.3, 0.4) is 0 Å². The summed E-state index contributed by atoms with van der Waals surface area (Å²) in [5, 5.41) is 0. The summed E-state index contributed by atoms with van der Waals surface area (Å²) in [6.07, 6.45) is 5.48. The van der Waals surface area contributed by atoms with E-state index in [0.29, 0.717) is 36.0 Å². The number of methoxy groups -OCH3 is 1. The highest BCUT2D eigenvalue weighted by atomic mass is 16.6. The molecule has 0 spiro atoms. The normalized spacial score (nSPS) is 18.9. The first-order valence-corrected chi connectivity index (χ1v) is 8.46. The van der Waals surface area contributed by atoms with Gasteiger partial charge in [-0.15, -0.1) is 0 Å². The van der Waals surface area contributed by atoms with Gasteiger partial charge in [0.15, 0.2) is 11.5 Å². The molecule has 25 heavy (non-hydrogen) atoms. The third-order valence-electron chi connectivity index (χ3n) is 4.68. The van der Waals surface area contributed by atoms with E-state index in [1.165, 1.54) is 0 Å². The standard InChI is InChI=1S/C19H20N2O4/c1-23-16-11-14(12-17-18(16)25-10-9-24-17)19(22)21-8-2-3-15(21)13-4-6-20-7-5-13/h4-7,11-12,15H,2-3,8-10H2,1H3/t15-/m1/s1. The van der Waals surface area contributed by atoms with Crippen LogP contribution in [0.4, 0.5) is 0 Å². The van der Waals surface area contributed by atoms with Crippen LogP contribution in [-0.4, -0.2) is 42.7 Å². The van der Waals surface area contributed by atoms with Gasteiger partial charge in [-0.1, -0.05) is 0 Å². The molecule has 0 N–H and O–H groups in total. The highest BCUT2D eigenvalue weighted by molar-refractivity contribution is 5.96. The van der Waals surface area contributed by atoms with E-state index in [9.17, 15) is 4.79 Å². The van der Waals surface area contributed by atoms with Crippen molar-refractivity contribution in [2.24, 2.45) is 0 Å². The molecule has 1 aromatic carbocycles. The zero-order valence-electron chi connectivity index (χ0n) is 14.1. The van der Waals surface area contributed by atoms with Gasteiger partial charge in [-0.2, -0.15) is 0 Å². The third kappa shape index (κ3) is 2.88. The maximum absolute atomic E-state index is 13.1. The Morgan fingerprint density at radius 2 is 2.04 bits per heavy atom. The molecule has 1 atom stereocenters. The first kappa shape index (κ1) is 15.7. The zero-order chi connectivity index (χ0) is 17.2. The highest BCUT2D eigenvalue weighted by Crippen LogP contribution is 2.41. The van der Waals surface area contributed by atoms with Crippen LogP contribution in [-0.2, 0) is 0 Å². The number of carbonyl (C=O) groups excluding carboxylic acids is 1. The monoisotopic (exact) mass is 340 g/mol.